The van der Waals surface area contributed by atoms with Crippen LogP contribution in [0.1, 0.15) is 13.3 Å². The molecule has 1 aliphatic rings. The molecular weight excluding hydrogens is 200 g/mol. The van der Waals surface area contributed by atoms with Gasteiger partial charge in [0.25, 0.3) is 0 Å². The lowest BCUT2D eigenvalue weighted by Gasteiger charge is -2.13. The van der Waals surface area contributed by atoms with Crippen molar-refractivity contribution < 1.29 is 9.84 Å². The van der Waals surface area contributed by atoms with Crippen LogP contribution < -0.4 is 0 Å². The molecule has 1 atom stereocenters. The highest BCUT2D eigenvalue weighted by molar-refractivity contribution is 6.31. The number of hydrogen-bond donors (Lipinski definition) is 1. The molecule has 0 amide bonds. The van der Waals surface area contributed by atoms with Crippen LogP contribution >= 0.6 is 11.6 Å². The zero-order valence-electron chi connectivity index (χ0n) is 8.46. The van der Waals surface area contributed by atoms with E-state index >= 15 is 0 Å². The molecule has 1 aliphatic carbocycles. The molecule has 0 spiro atoms. The van der Waals surface area contributed by atoms with Crippen LogP contribution in [0.25, 0.3) is 0 Å². The smallest absolute Gasteiger partial charge is 0.142 e. The number of methoxy groups -OCH3 is 1. The number of halogens is 1. The summed E-state index contributed by atoms with van der Waals surface area (Å²) in [6, 6.07) is 0. The molecule has 0 aromatic carbocycles. The van der Waals surface area contributed by atoms with E-state index in [0.29, 0.717) is 16.7 Å². The zero-order valence-corrected chi connectivity index (χ0v) is 9.21. The van der Waals surface area contributed by atoms with E-state index in [1.165, 1.54) is 0 Å². The van der Waals surface area contributed by atoms with Gasteiger partial charge in [0.05, 0.1) is 18.7 Å². The van der Waals surface area contributed by atoms with E-state index in [1.54, 1.807) is 7.11 Å². The summed E-state index contributed by atoms with van der Waals surface area (Å²) in [6.07, 6.45) is 6.72. The number of rotatable bonds is 2. The van der Waals surface area contributed by atoms with Crippen molar-refractivity contribution in [2.75, 3.05) is 13.7 Å². The van der Waals surface area contributed by atoms with Crippen molar-refractivity contribution >= 4 is 11.6 Å². The predicted octanol–water partition coefficient (Wildman–Crippen LogP) is 2.60. The van der Waals surface area contributed by atoms with E-state index in [-0.39, 0.29) is 6.61 Å². The predicted molar refractivity (Wildman–Crippen MR) is 58.0 cm³/mol. The minimum atomic E-state index is -0.0417. The molecule has 0 radical (unpaired) electrons. The molecule has 0 aromatic heterocycles. The van der Waals surface area contributed by atoms with Crippen LogP contribution in [-0.2, 0) is 4.74 Å². The molecule has 1 rings (SSSR count). The summed E-state index contributed by atoms with van der Waals surface area (Å²) in [5.74, 6) is 1.00. The van der Waals surface area contributed by atoms with E-state index in [2.05, 4.69) is 6.92 Å². The maximum absolute atomic E-state index is 9.15. The third kappa shape index (κ3) is 2.63. The average Bonchev–Trinajstić information content (AvgIpc) is 2.18. The fraction of sp³-hybridized carbons (Fsp3) is 0.455. The van der Waals surface area contributed by atoms with Crippen LogP contribution in [0.2, 0.25) is 0 Å². The van der Waals surface area contributed by atoms with Gasteiger partial charge >= 0.3 is 0 Å². The van der Waals surface area contributed by atoms with Gasteiger partial charge < -0.3 is 9.84 Å². The Bertz CT molecular complexity index is 290. The number of allylic oxidation sites excluding steroid dienone is 4. The third-order valence-electron chi connectivity index (χ3n) is 2.19. The van der Waals surface area contributed by atoms with Crippen LogP contribution in [0.15, 0.2) is 34.6 Å². The fourth-order valence-corrected chi connectivity index (χ4v) is 1.61. The second-order valence-electron chi connectivity index (χ2n) is 3.34. The lowest BCUT2D eigenvalue weighted by Crippen LogP contribution is -2.02. The Morgan fingerprint density at radius 2 is 2.36 bits per heavy atom. The molecule has 2 nitrogen and oxygen atoms in total. The average molecular weight is 215 g/mol. The van der Waals surface area contributed by atoms with Gasteiger partial charge in [-0.15, -0.1) is 0 Å². The van der Waals surface area contributed by atoms with Gasteiger partial charge in [-0.25, -0.2) is 0 Å². The summed E-state index contributed by atoms with van der Waals surface area (Å²) in [6.45, 7) is 2.06. The van der Waals surface area contributed by atoms with Crippen LogP contribution in [0.3, 0.4) is 0 Å². The van der Waals surface area contributed by atoms with E-state index < -0.39 is 0 Å². The highest BCUT2D eigenvalue weighted by Gasteiger charge is 2.11. The van der Waals surface area contributed by atoms with Crippen molar-refractivity contribution in [3.8, 4) is 0 Å². The monoisotopic (exact) mass is 214 g/mol. The number of hydrogen-bond acceptors (Lipinski definition) is 2. The van der Waals surface area contributed by atoms with Crippen LogP contribution in [0.5, 0.6) is 0 Å². The Labute approximate surface area is 89.5 Å². The topological polar surface area (TPSA) is 29.5 Å². The quantitative estimate of drug-likeness (QED) is 0.766. The Balaban J connectivity index is 3.07. The Morgan fingerprint density at radius 3 is 2.93 bits per heavy atom. The van der Waals surface area contributed by atoms with Gasteiger partial charge in [0, 0.05) is 5.57 Å². The van der Waals surface area contributed by atoms with E-state index in [1.807, 2.05) is 18.2 Å². The Morgan fingerprint density at radius 1 is 1.64 bits per heavy atom. The van der Waals surface area contributed by atoms with Crippen molar-refractivity contribution in [3.05, 3.63) is 34.6 Å². The maximum atomic E-state index is 9.15. The summed E-state index contributed by atoms with van der Waals surface area (Å²) < 4.78 is 5.15. The maximum Gasteiger partial charge on any atom is 0.142 e. The third-order valence-corrected chi connectivity index (χ3v) is 2.49. The van der Waals surface area contributed by atoms with E-state index in [9.17, 15) is 0 Å². The van der Waals surface area contributed by atoms with Gasteiger partial charge in [-0.2, -0.15) is 0 Å². The SMILES string of the molecule is COC1=C(Cl)C=CC(C)CC=C1CO. The normalized spacial score (nSPS) is 22.9. The molecule has 78 valence electrons. The molecule has 0 heterocycles. The van der Waals surface area contributed by atoms with Gasteiger partial charge in [-0.3, -0.25) is 0 Å². The molecule has 0 aromatic rings. The molecule has 1 unspecified atom stereocenters. The summed E-state index contributed by atoms with van der Waals surface area (Å²) in [5, 5.41) is 9.69. The molecular formula is C11H15ClO2. The molecule has 0 bridgehead atoms. The lowest BCUT2D eigenvalue weighted by molar-refractivity contribution is 0.270. The Hall–Kier alpha value is -0.730. The van der Waals surface area contributed by atoms with Gasteiger partial charge in [0.2, 0.25) is 0 Å². The fourth-order valence-electron chi connectivity index (χ4n) is 1.34. The van der Waals surface area contributed by atoms with Gasteiger partial charge in [0.1, 0.15) is 5.76 Å². The largest absolute Gasteiger partial charge is 0.495 e. The van der Waals surface area contributed by atoms with Crippen LogP contribution in [-0.4, -0.2) is 18.8 Å². The van der Waals surface area contributed by atoms with Gasteiger partial charge in [-0.1, -0.05) is 30.7 Å². The molecule has 3 heteroatoms. The first-order valence-electron chi connectivity index (χ1n) is 4.61. The highest BCUT2D eigenvalue weighted by Crippen LogP contribution is 2.24. The number of ether oxygens (including phenoxy) is 1. The summed E-state index contributed by atoms with van der Waals surface area (Å²) in [7, 11) is 1.56. The number of aliphatic hydroxyl groups is 1. The van der Waals surface area contributed by atoms with Gasteiger partial charge in [-0.05, 0) is 18.4 Å². The van der Waals surface area contributed by atoms with Crippen molar-refractivity contribution in [3.63, 3.8) is 0 Å². The zero-order chi connectivity index (χ0) is 10.6. The summed E-state index contributed by atoms with van der Waals surface area (Å²) in [4.78, 5) is 0. The summed E-state index contributed by atoms with van der Waals surface area (Å²) in [5.41, 5.74) is 0.758. The first-order valence-corrected chi connectivity index (χ1v) is 4.99. The van der Waals surface area contributed by atoms with E-state index in [4.69, 9.17) is 21.4 Å². The van der Waals surface area contributed by atoms with Gasteiger partial charge in [0.15, 0.2) is 0 Å². The first kappa shape index (κ1) is 11.3. The second kappa shape index (κ2) is 5.23. The van der Waals surface area contributed by atoms with E-state index in [0.717, 1.165) is 12.0 Å². The first-order chi connectivity index (χ1) is 6.69. The Kier molecular flexibility index (Phi) is 4.23. The minimum absolute atomic E-state index is 0.0417. The summed E-state index contributed by atoms with van der Waals surface area (Å²) >= 11 is 6.01. The van der Waals surface area contributed by atoms with Crippen molar-refractivity contribution in [2.45, 2.75) is 13.3 Å². The second-order valence-corrected chi connectivity index (χ2v) is 3.75. The molecule has 0 saturated heterocycles. The molecule has 14 heavy (non-hydrogen) atoms. The standard InChI is InChI=1S/C11H15ClO2/c1-8-3-5-9(7-13)11(14-2)10(12)6-4-8/h4-6,8,13H,3,7H2,1-2H3. The van der Waals surface area contributed by atoms with Crippen LogP contribution in [0, 0.1) is 5.92 Å². The van der Waals surface area contributed by atoms with Crippen molar-refractivity contribution in [1.82, 2.24) is 0 Å². The van der Waals surface area contributed by atoms with Crippen LogP contribution in [0.4, 0.5) is 0 Å². The number of aliphatic hydroxyl groups excluding tert-OH is 1. The molecule has 0 aliphatic heterocycles. The molecule has 0 fully saturated rings. The van der Waals surface area contributed by atoms with Crippen molar-refractivity contribution in [1.29, 1.82) is 0 Å². The van der Waals surface area contributed by atoms with Crippen molar-refractivity contribution in [2.24, 2.45) is 5.92 Å². The molecule has 0 saturated carbocycles. The minimum Gasteiger partial charge on any atom is -0.495 e. The molecule has 1 N–H and O–H groups in total. The highest BCUT2D eigenvalue weighted by atomic mass is 35.5. The lowest BCUT2D eigenvalue weighted by atomic mass is 10.0.